The quantitative estimate of drug-likeness (QED) is 0.268. The molecule has 0 saturated heterocycles. The van der Waals surface area contributed by atoms with Gasteiger partial charge in [-0.15, -0.1) is 13.2 Å². The second-order valence-electron chi connectivity index (χ2n) is 1.81. The normalized spacial score (nSPS) is 11.7. The van der Waals surface area contributed by atoms with Gasteiger partial charge in [-0.05, 0) is 6.42 Å². The molecule has 0 fully saturated rings. The SMILES string of the molecule is C=CCC(C=C)N(O)C=O. The van der Waals surface area contributed by atoms with Gasteiger partial charge in [0.2, 0.25) is 6.41 Å². The number of carbonyl (C=O) groups is 1. The monoisotopic (exact) mass is 141 g/mol. The van der Waals surface area contributed by atoms with E-state index in [1.165, 1.54) is 6.08 Å². The topological polar surface area (TPSA) is 40.5 Å². The highest BCUT2D eigenvalue weighted by molar-refractivity contribution is 5.46. The van der Waals surface area contributed by atoms with Crippen LogP contribution in [0.4, 0.5) is 0 Å². The molecule has 0 aromatic heterocycles. The molecule has 3 heteroatoms. The van der Waals surface area contributed by atoms with Gasteiger partial charge in [-0.3, -0.25) is 10.0 Å². The van der Waals surface area contributed by atoms with Gasteiger partial charge in [0.1, 0.15) is 0 Å². The summed E-state index contributed by atoms with van der Waals surface area (Å²) >= 11 is 0. The van der Waals surface area contributed by atoms with E-state index in [1.54, 1.807) is 6.08 Å². The molecule has 0 aromatic carbocycles. The van der Waals surface area contributed by atoms with Crippen molar-refractivity contribution in [3.8, 4) is 0 Å². The van der Waals surface area contributed by atoms with E-state index in [0.717, 1.165) is 0 Å². The van der Waals surface area contributed by atoms with Crippen molar-refractivity contribution >= 4 is 6.41 Å². The van der Waals surface area contributed by atoms with Gasteiger partial charge in [0.05, 0.1) is 6.04 Å². The first-order valence-electron chi connectivity index (χ1n) is 2.92. The summed E-state index contributed by atoms with van der Waals surface area (Å²) in [6.45, 7) is 6.90. The highest BCUT2D eigenvalue weighted by Gasteiger charge is 2.07. The fourth-order valence-corrected chi connectivity index (χ4v) is 0.561. The Morgan fingerprint density at radius 3 is 2.50 bits per heavy atom. The van der Waals surface area contributed by atoms with Crippen LogP contribution in [-0.2, 0) is 4.79 Å². The van der Waals surface area contributed by atoms with E-state index in [9.17, 15) is 4.79 Å². The maximum Gasteiger partial charge on any atom is 0.233 e. The fourth-order valence-electron chi connectivity index (χ4n) is 0.561. The first-order valence-corrected chi connectivity index (χ1v) is 2.92. The number of amides is 1. The van der Waals surface area contributed by atoms with Crippen LogP contribution in [0, 0.1) is 0 Å². The second-order valence-corrected chi connectivity index (χ2v) is 1.81. The van der Waals surface area contributed by atoms with Gasteiger partial charge in [0.15, 0.2) is 0 Å². The molecule has 1 unspecified atom stereocenters. The summed E-state index contributed by atoms with van der Waals surface area (Å²) in [5, 5.41) is 9.36. The second kappa shape index (κ2) is 4.76. The fraction of sp³-hybridized carbons (Fsp3) is 0.286. The van der Waals surface area contributed by atoms with E-state index in [-0.39, 0.29) is 6.04 Å². The van der Waals surface area contributed by atoms with Crippen molar-refractivity contribution < 1.29 is 10.0 Å². The molecular weight excluding hydrogens is 130 g/mol. The lowest BCUT2D eigenvalue weighted by atomic mass is 10.2. The third-order valence-corrected chi connectivity index (χ3v) is 1.13. The smallest absolute Gasteiger partial charge is 0.233 e. The average Bonchev–Trinajstić information content (AvgIpc) is 1.99. The van der Waals surface area contributed by atoms with Crippen molar-refractivity contribution in [2.45, 2.75) is 12.5 Å². The molecule has 0 spiro atoms. The molecule has 0 heterocycles. The molecule has 56 valence electrons. The summed E-state index contributed by atoms with van der Waals surface area (Å²) in [6.07, 6.45) is 3.95. The van der Waals surface area contributed by atoms with Crippen LogP contribution in [-0.4, -0.2) is 22.7 Å². The summed E-state index contributed by atoms with van der Waals surface area (Å²) < 4.78 is 0. The third-order valence-electron chi connectivity index (χ3n) is 1.13. The molecule has 3 nitrogen and oxygen atoms in total. The molecule has 0 saturated carbocycles. The lowest BCUT2D eigenvalue weighted by Crippen LogP contribution is -2.28. The number of nitrogens with zero attached hydrogens (tertiary/aromatic N) is 1. The molecule has 1 amide bonds. The summed E-state index contributed by atoms with van der Waals surface area (Å²) in [7, 11) is 0. The molecule has 1 atom stereocenters. The molecule has 0 aliphatic carbocycles. The van der Waals surface area contributed by atoms with Crippen LogP contribution in [0.5, 0.6) is 0 Å². The molecule has 1 N–H and O–H groups in total. The van der Waals surface area contributed by atoms with E-state index < -0.39 is 0 Å². The average molecular weight is 141 g/mol. The minimum absolute atomic E-state index is 0.343. The maximum atomic E-state index is 9.97. The van der Waals surface area contributed by atoms with Gasteiger partial charge in [0.25, 0.3) is 0 Å². The van der Waals surface area contributed by atoms with Crippen molar-refractivity contribution in [3.63, 3.8) is 0 Å². The van der Waals surface area contributed by atoms with Gasteiger partial charge in [0, 0.05) is 0 Å². The Morgan fingerprint density at radius 1 is 1.60 bits per heavy atom. The van der Waals surface area contributed by atoms with Crippen molar-refractivity contribution in [1.29, 1.82) is 0 Å². The van der Waals surface area contributed by atoms with E-state index in [1.807, 2.05) is 0 Å². The highest BCUT2D eigenvalue weighted by atomic mass is 16.5. The minimum Gasteiger partial charge on any atom is -0.286 e. The number of hydrogen-bond donors (Lipinski definition) is 1. The van der Waals surface area contributed by atoms with Crippen LogP contribution in [0.2, 0.25) is 0 Å². The van der Waals surface area contributed by atoms with Crippen molar-refractivity contribution in [2.24, 2.45) is 0 Å². The van der Waals surface area contributed by atoms with Gasteiger partial charge >= 0.3 is 0 Å². The van der Waals surface area contributed by atoms with E-state index in [0.29, 0.717) is 17.9 Å². The van der Waals surface area contributed by atoms with E-state index in [2.05, 4.69) is 13.2 Å². The van der Waals surface area contributed by atoms with Crippen LogP contribution in [0.3, 0.4) is 0 Å². The Kier molecular flexibility index (Phi) is 4.24. The molecule has 0 rings (SSSR count). The standard InChI is InChI=1S/C7H11NO2/c1-3-5-7(4-2)8(10)6-9/h3-4,6-7,10H,1-2,5H2. The van der Waals surface area contributed by atoms with Gasteiger partial charge in [-0.1, -0.05) is 12.2 Å². The summed E-state index contributed by atoms with van der Waals surface area (Å²) in [5.41, 5.74) is 0. The zero-order valence-electron chi connectivity index (χ0n) is 5.73. The Labute approximate surface area is 60.2 Å². The van der Waals surface area contributed by atoms with E-state index in [4.69, 9.17) is 5.21 Å². The number of hydrogen-bond acceptors (Lipinski definition) is 2. The van der Waals surface area contributed by atoms with Crippen LogP contribution >= 0.6 is 0 Å². The molecular formula is C7H11NO2. The van der Waals surface area contributed by atoms with Gasteiger partial charge in [-0.25, -0.2) is 5.06 Å². The Morgan fingerprint density at radius 2 is 2.20 bits per heavy atom. The van der Waals surface area contributed by atoms with Crippen molar-refractivity contribution in [1.82, 2.24) is 5.06 Å². The predicted molar refractivity (Wildman–Crippen MR) is 38.5 cm³/mol. The largest absolute Gasteiger partial charge is 0.286 e. The lowest BCUT2D eigenvalue weighted by Gasteiger charge is -2.16. The van der Waals surface area contributed by atoms with Crippen LogP contribution in [0.15, 0.2) is 25.3 Å². The maximum absolute atomic E-state index is 9.97. The zero-order chi connectivity index (χ0) is 7.98. The van der Waals surface area contributed by atoms with Crippen molar-refractivity contribution in [2.75, 3.05) is 0 Å². The molecule has 0 radical (unpaired) electrons. The Hall–Kier alpha value is -1.09. The molecule has 0 aliphatic rings. The highest BCUT2D eigenvalue weighted by Crippen LogP contribution is 1.99. The zero-order valence-corrected chi connectivity index (χ0v) is 5.73. The first kappa shape index (κ1) is 8.91. The lowest BCUT2D eigenvalue weighted by molar-refractivity contribution is -0.155. The molecule has 0 aromatic rings. The molecule has 0 aliphatic heterocycles. The third kappa shape index (κ3) is 2.46. The van der Waals surface area contributed by atoms with Gasteiger partial charge < -0.3 is 0 Å². The summed E-state index contributed by atoms with van der Waals surface area (Å²) in [6, 6.07) is -0.352. The van der Waals surface area contributed by atoms with Crippen LogP contribution < -0.4 is 0 Å². The van der Waals surface area contributed by atoms with E-state index >= 15 is 0 Å². The predicted octanol–water partition coefficient (Wildman–Crippen LogP) is 0.965. The van der Waals surface area contributed by atoms with Crippen molar-refractivity contribution in [3.05, 3.63) is 25.3 Å². The van der Waals surface area contributed by atoms with Gasteiger partial charge in [-0.2, -0.15) is 0 Å². The summed E-state index contributed by atoms with van der Waals surface area (Å²) in [5.74, 6) is 0. The molecule has 0 bridgehead atoms. The minimum atomic E-state index is -0.352. The van der Waals surface area contributed by atoms with Crippen LogP contribution in [0.25, 0.3) is 0 Å². The van der Waals surface area contributed by atoms with Crippen LogP contribution in [0.1, 0.15) is 6.42 Å². The Bertz CT molecular complexity index is 134. The number of hydroxylamine groups is 2. The Balaban J connectivity index is 3.90. The number of carbonyl (C=O) groups excluding carboxylic acids is 1. The molecule has 10 heavy (non-hydrogen) atoms. The number of rotatable bonds is 5. The first-order chi connectivity index (χ1) is 4.76. The summed E-state index contributed by atoms with van der Waals surface area (Å²) in [4.78, 5) is 9.97.